The van der Waals surface area contributed by atoms with Gasteiger partial charge in [-0.15, -0.1) is 20.4 Å². The van der Waals surface area contributed by atoms with E-state index in [1.54, 1.807) is 19.2 Å². The van der Waals surface area contributed by atoms with E-state index in [4.69, 9.17) is 4.74 Å². The third kappa shape index (κ3) is 2.71. The Kier molecular flexibility index (Phi) is 4.19. The van der Waals surface area contributed by atoms with Gasteiger partial charge in [-0.05, 0) is 19.1 Å². The highest BCUT2D eigenvalue weighted by Gasteiger charge is 2.15. The first-order valence-electron chi connectivity index (χ1n) is 6.03. The maximum absolute atomic E-state index is 13.9. The smallest absolute Gasteiger partial charge is 0.237 e. The third-order valence-electron chi connectivity index (χ3n) is 2.55. The molecule has 1 heterocycles. The number of hydrogen-bond donors (Lipinski definition) is 1. The standard InChI is InChI=1S/C13H14FN5O/c1-4-20-8(2)12-16-18-13(19-17-12)11-9(14)6-5-7-10(11)15-3/h5-7,15H,2,4H2,1,3H3. The Morgan fingerprint density at radius 1 is 1.30 bits per heavy atom. The van der Waals surface area contributed by atoms with Gasteiger partial charge in [-0.25, -0.2) is 4.39 Å². The molecule has 2 rings (SSSR count). The minimum atomic E-state index is -0.447. The Morgan fingerprint density at radius 3 is 2.60 bits per heavy atom. The second kappa shape index (κ2) is 6.05. The topological polar surface area (TPSA) is 72.8 Å². The maximum atomic E-state index is 13.9. The molecule has 0 aliphatic rings. The van der Waals surface area contributed by atoms with Crippen molar-refractivity contribution >= 4 is 11.4 Å². The molecular weight excluding hydrogens is 261 g/mol. The molecule has 0 amide bonds. The lowest BCUT2D eigenvalue weighted by Gasteiger charge is -2.08. The summed E-state index contributed by atoms with van der Waals surface area (Å²) in [7, 11) is 1.68. The summed E-state index contributed by atoms with van der Waals surface area (Å²) >= 11 is 0. The second-order valence-corrected chi connectivity index (χ2v) is 3.82. The van der Waals surface area contributed by atoms with Crippen LogP contribution in [0, 0.1) is 5.82 Å². The van der Waals surface area contributed by atoms with E-state index in [0.717, 1.165) is 0 Å². The number of aromatic nitrogens is 4. The minimum absolute atomic E-state index is 0.0977. The van der Waals surface area contributed by atoms with Crippen LogP contribution in [-0.4, -0.2) is 34.0 Å². The predicted octanol–water partition coefficient (Wildman–Crippen LogP) is 2.12. The monoisotopic (exact) mass is 275 g/mol. The van der Waals surface area contributed by atoms with Crippen molar-refractivity contribution in [2.45, 2.75) is 6.92 Å². The molecule has 1 aromatic carbocycles. The van der Waals surface area contributed by atoms with Crippen molar-refractivity contribution in [1.29, 1.82) is 0 Å². The molecule has 0 spiro atoms. The summed E-state index contributed by atoms with van der Waals surface area (Å²) in [6, 6.07) is 4.64. The average Bonchev–Trinajstić information content (AvgIpc) is 2.47. The van der Waals surface area contributed by atoms with Crippen LogP contribution in [0.15, 0.2) is 24.8 Å². The van der Waals surface area contributed by atoms with E-state index in [-0.39, 0.29) is 23.0 Å². The fourth-order valence-electron chi connectivity index (χ4n) is 1.64. The Hall–Kier alpha value is -2.57. The van der Waals surface area contributed by atoms with Gasteiger partial charge in [0.25, 0.3) is 0 Å². The Morgan fingerprint density at radius 2 is 2.00 bits per heavy atom. The summed E-state index contributed by atoms with van der Waals surface area (Å²) in [6.07, 6.45) is 0. The van der Waals surface area contributed by atoms with Crippen LogP contribution in [-0.2, 0) is 4.74 Å². The first-order valence-corrected chi connectivity index (χ1v) is 6.03. The summed E-state index contributed by atoms with van der Waals surface area (Å²) in [6.45, 7) is 5.92. The molecule has 0 aliphatic heterocycles. The zero-order valence-electron chi connectivity index (χ0n) is 11.2. The Balaban J connectivity index is 2.38. The highest BCUT2D eigenvalue weighted by molar-refractivity contribution is 5.73. The third-order valence-corrected chi connectivity index (χ3v) is 2.55. The number of ether oxygens (including phenoxy) is 1. The van der Waals surface area contributed by atoms with Gasteiger partial charge in [-0.2, -0.15) is 0 Å². The fourth-order valence-corrected chi connectivity index (χ4v) is 1.64. The fraction of sp³-hybridized carbons (Fsp3) is 0.231. The lowest BCUT2D eigenvalue weighted by Crippen LogP contribution is -2.06. The second-order valence-electron chi connectivity index (χ2n) is 3.82. The zero-order valence-corrected chi connectivity index (χ0v) is 11.2. The molecule has 1 aromatic heterocycles. The molecule has 0 radical (unpaired) electrons. The van der Waals surface area contributed by atoms with E-state index in [1.807, 2.05) is 6.92 Å². The number of nitrogens with one attached hydrogen (secondary N) is 1. The van der Waals surface area contributed by atoms with Crippen LogP contribution in [0.5, 0.6) is 0 Å². The predicted molar refractivity (Wildman–Crippen MR) is 73.2 cm³/mol. The van der Waals surface area contributed by atoms with E-state index in [9.17, 15) is 4.39 Å². The van der Waals surface area contributed by atoms with Gasteiger partial charge >= 0.3 is 0 Å². The highest BCUT2D eigenvalue weighted by Crippen LogP contribution is 2.27. The Bertz CT molecular complexity index is 615. The van der Waals surface area contributed by atoms with Gasteiger partial charge in [0.05, 0.1) is 12.2 Å². The SMILES string of the molecule is C=C(OCC)c1nnc(-c2c(F)cccc2NC)nn1. The van der Waals surface area contributed by atoms with Crippen LogP contribution in [0.25, 0.3) is 17.1 Å². The first kappa shape index (κ1) is 13.9. The van der Waals surface area contributed by atoms with Crippen molar-refractivity contribution in [2.75, 3.05) is 19.0 Å². The molecule has 0 bridgehead atoms. The van der Waals surface area contributed by atoms with E-state index >= 15 is 0 Å². The minimum Gasteiger partial charge on any atom is -0.490 e. The van der Waals surface area contributed by atoms with Crippen molar-refractivity contribution in [3.8, 4) is 11.4 Å². The molecule has 0 saturated carbocycles. The van der Waals surface area contributed by atoms with Gasteiger partial charge in [0.2, 0.25) is 11.6 Å². The number of anilines is 1. The number of hydrogen-bond acceptors (Lipinski definition) is 6. The van der Waals surface area contributed by atoms with Crippen LogP contribution in [0.2, 0.25) is 0 Å². The van der Waals surface area contributed by atoms with Gasteiger partial charge in [0.1, 0.15) is 5.82 Å². The van der Waals surface area contributed by atoms with Crippen LogP contribution in [0.3, 0.4) is 0 Å². The molecule has 2 aromatic rings. The van der Waals surface area contributed by atoms with E-state index in [0.29, 0.717) is 12.3 Å². The summed E-state index contributed by atoms with van der Waals surface area (Å²) < 4.78 is 19.0. The molecular formula is C13H14FN5O. The van der Waals surface area contributed by atoms with Crippen LogP contribution >= 0.6 is 0 Å². The van der Waals surface area contributed by atoms with Crippen molar-refractivity contribution in [2.24, 2.45) is 0 Å². The summed E-state index contributed by atoms with van der Waals surface area (Å²) in [5.41, 5.74) is 0.786. The van der Waals surface area contributed by atoms with Crippen LogP contribution in [0.4, 0.5) is 10.1 Å². The summed E-state index contributed by atoms with van der Waals surface area (Å²) in [5, 5.41) is 18.3. The lowest BCUT2D eigenvalue weighted by molar-refractivity contribution is 0.295. The van der Waals surface area contributed by atoms with Gasteiger partial charge in [0, 0.05) is 12.7 Å². The summed E-state index contributed by atoms with van der Waals surface area (Å²) in [5.74, 6) is 0.108. The number of halogens is 1. The molecule has 0 unspecified atom stereocenters. The average molecular weight is 275 g/mol. The molecule has 0 fully saturated rings. The summed E-state index contributed by atoms with van der Waals surface area (Å²) in [4.78, 5) is 0. The quantitative estimate of drug-likeness (QED) is 0.843. The largest absolute Gasteiger partial charge is 0.490 e. The molecule has 0 aliphatic carbocycles. The molecule has 6 nitrogen and oxygen atoms in total. The first-order chi connectivity index (χ1) is 9.67. The van der Waals surface area contributed by atoms with Gasteiger partial charge in [0.15, 0.2) is 5.76 Å². The van der Waals surface area contributed by atoms with Gasteiger partial charge in [-0.3, -0.25) is 0 Å². The number of rotatable bonds is 5. The van der Waals surface area contributed by atoms with E-state index < -0.39 is 5.82 Å². The van der Waals surface area contributed by atoms with Crippen molar-refractivity contribution in [1.82, 2.24) is 20.4 Å². The maximum Gasteiger partial charge on any atom is 0.237 e. The molecule has 104 valence electrons. The van der Waals surface area contributed by atoms with Crippen molar-refractivity contribution in [3.63, 3.8) is 0 Å². The molecule has 7 heteroatoms. The van der Waals surface area contributed by atoms with Crippen molar-refractivity contribution < 1.29 is 9.13 Å². The van der Waals surface area contributed by atoms with E-state index in [2.05, 4.69) is 32.3 Å². The van der Waals surface area contributed by atoms with Crippen LogP contribution < -0.4 is 5.32 Å². The highest BCUT2D eigenvalue weighted by atomic mass is 19.1. The van der Waals surface area contributed by atoms with Gasteiger partial charge < -0.3 is 10.1 Å². The Labute approximate surface area is 115 Å². The molecule has 0 saturated heterocycles. The normalized spacial score (nSPS) is 10.2. The van der Waals surface area contributed by atoms with Crippen LogP contribution in [0.1, 0.15) is 12.7 Å². The van der Waals surface area contributed by atoms with Gasteiger partial charge in [-0.1, -0.05) is 12.6 Å². The lowest BCUT2D eigenvalue weighted by atomic mass is 10.1. The number of nitrogens with zero attached hydrogens (tertiary/aromatic N) is 4. The molecule has 20 heavy (non-hydrogen) atoms. The number of benzene rings is 1. The molecule has 0 atom stereocenters. The molecule has 1 N–H and O–H groups in total. The van der Waals surface area contributed by atoms with Crippen molar-refractivity contribution in [3.05, 3.63) is 36.4 Å². The van der Waals surface area contributed by atoms with E-state index in [1.165, 1.54) is 6.07 Å². The zero-order chi connectivity index (χ0) is 14.5.